The van der Waals surface area contributed by atoms with E-state index >= 15 is 0 Å². The normalized spacial score (nSPS) is 18.3. The monoisotopic (exact) mass is 389 g/mol. The van der Waals surface area contributed by atoms with Crippen molar-refractivity contribution in [2.75, 3.05) is 0 Å². The summed E-state index contributed by atoms with van der Waals surface area (Å²) in [6, 6.07) is 13.5. The molecule has 1 aromatic carbocycles. The van der Waals surface area contributed by atoms with Crippen molar-refractivity contribution >= 4 is 22.7 Å². The Kier molecular flexibility index (Phi) is 5.06. The average Bonchev–Trinajstić information content (AvgIpc) is 3.20. The first-order valence-electron chi connectivity index (χ1n) is 7.92. The largest absolute Gasteiger partial charge is 0.622 e. The van der Waals surface area contributed by atoms with Crippen LogP contribution in [0.5, 0.6) is 0 Å². The van der Waals surface area contributed by atoms with Crippen molar-refractivity contribution in [1.29, 1.82) is 5.26 Å². The summed E-state index contributed by atoms with van der Waals surface area (Å²) in [4.78, 5) is 0.546. The second-order valence-electron chi connectivity index (χ2n) is 5.80. The molecule has 0 aliphatic carbocycles. The Labute approximate surface area is 157 Å². The Morgan fingerprint density at radius 2 is 1.93 bits per heavy atom. The fourth-order valence-electron chi connectivity index (χ4n) is 2.74. The number of thiophene rings is 1. The van der Waals surface area contributed by atoms with Crippen LogP contribution in [0.25, 0.3) is 5.70 Å². The lowest BCUT2D eigenvalue weighted by molar-refractivity contribution is -0.494. The van der Waals surface area contributed by atoms with Gasteiger partial charge in [0.2, 0.25) is 0 Å². The molecule has 4 nitrogen and oxygen atoms in total. The first kappa shape index (κ1) is 18.7. The van der Waals surface area contributed by atoms with Gasteiger partial charge >= 0.3 is 6.18 Å². The molecule has 1 aliphatic rings. The van der Waals surface area contributed by atoms with E-state index in [0.29, 0.717) is 15.2 Å². The number of nitrogens with zero attached hydrogens (tertiary/aromatic N) is 2. The summed E-state index contributed by atoms with van der Waals surface area (Å²) in [6.45, 7) is 1.51. The minimum Gasteiger partial charge on any atom is -0.622 e. The lowest BCUT2D eigenvalue weighted by Gasteiger charge is -2.27. The molecule has 1 atom stereocenters. The van der Waals surface area contributed by atoms with E-state index < -0.39 is 23.5 Å². The van der Waals surface area contributed by atoms with E-state index in [1.165, 1.54) is 18.3 Å². The van der Waals surface area contributed by atoms with Gasteiger partial charge < -0.3 is 10.5 Å². The van der Waals surface area contributed by atoms with Crippen LogP contribution >= 0.6 is 11.3 Å². The van der Waals surface area contributed by atoms with Gasteiger partial charge in [-0.15, -0.1) is 11.3 Å². The first-order chi connectivity index (χ1) is 12.8. The zero-order valence-corrected chi connectivity index (χ0v) is 14.9. The van der Waals surface area contributed by atoms with Crippen LogP contribution in [0.1, 0.15) is 17.4 Å². The van der Waals surface area contributed by atoms with Crippen LogP contribution in [-0.4, -0.2) is 22.8 Å². The number of hydrogen-bond donors (Lipinski definition) is 1. The molecule has 0 saturated carbocycles. The molecule has 0 spiro atoms. The number of allylic oxidation sites excluding steroid dienone is 2. The van der Waals surface area contributed by atoms with E-state index in [0.717, 1.165) is 6.08 Å². The number of halogens is 3. The molecule has 1 unspecified atom stereocenters. The van der Waals surface area contributed by atoms with Crippen molar-refractivity contribution in [2.45, 2.75) is 19.3 Å². The predicted molar refractivity (Wildman–Crippen MR) is 97.8 cm³/mol. The average molecular weight is 389 g/mol. The number of nitrogens with one attached hydrogen (secondary N) is 1. The van der Waals surface area contributed by atoms with Gasteiger partial charge in [0.1, 0.15) is 11.6 Å². The summed E-state index contributed by atoms with van der Waals surface area (Å²) < 4.78 is 41.1. The summed E-state index contributed by atoms with van der Waals surface area (Å²) in [5.74, 6) is 0. The van der Waals surface area contributed by atoms with Crippen molar-refractivity contribution in [3.8, 4) is 6.07 Å². The maximum Gasteiger partial charge on any atom is 0.417 e. The highest BCUT2D eigenvalue weighted by atomic mass is 32.1. The zero-order valence-electron chi connectivity index (χ0n) is 14.1. The van der Waals surface area contributed by atoms with Gasteiger partial charge in [-0.05, 0) is 29.7 Å². The van der Waals surface area contributed by atoms with Gasteiger partial charge in [0.15, 0.2) is 5.71 Å². The van der Waals surface area contributed by atoms with E-state index in [1.807, 2.05) is 0 Å². The number of hydroxylamine groups is 1. The van der Waals surface area contributed by atoms with Crippen LogP contribution in [0.2, 0.25) is 0 Å². The Bertz CT molecular complexity index is 968. The standard InChI is InChI=1S/C19H14F3N3OS/c1-12(13-6-3-2-4-7-13)25(26)18-14(11-23)15(19(20,21)22)10-16(24-18)17-8-5-9-27-17/h2-10,18,24H,1H3/b25-12-. The van der Waals surface area contributed by atoms with Crippen molar-refractivity contribution in [2.24, 2.45) is 0 Å². The minimum atomic E-state index is -4.75. The van der Waals surface area contributed by atoms with E-state index in [2.05, 4.69) is 5.32 Å². The van der Waals surface area contributed by atoms with E-state index in [4.69, 9.17) is 0 Å². The third-order valence-electron chi connectivity index (χ3n) is 4.11. The lowest BCUT2D eigenvalue weighted by atomic mass is 9.99. The van der Waals surface area contributed by atoms with E-state index in [9.17, 15) is 23.6 Å². The van der Waals surface area contributed by atoms with Gasteiger partial charge in [-0.1, -0.05) is 24.3 Å². The van der Waals surface area contributed by atoms with Gasteiger partial charge in [0.05, 0.1) is 16.1 Å². The van der Waals surface area contributed by atoms with Gasteiger partial charge in [-0.2, -0.15) is 23.2 Å². The second-order valence-corrected chi connectivity index (χ2v) is 6.74. The third-order valence-corrected chi connectivity index (χ3v) is 5.02. The van der Waals surface area contributed by atoms with Crippen LogP contribution in [-0.2, 0) is 0 Å². The number of dihydropyridines is 1. The predicted octanol–water partition coefficient (Wildman–Crippen LogP) is 4.42. The maximum atomic E-state index is 13.5. The quantitative estimate of drug-likeness (QED) is 0.366. The minimum absolute atomic E-state index is 0.156. The van der Waals surface area contributed by atoms with Crippen molar-refractivity contribution in [1.82, 2.24) is 5.32 Å². The summed E-state index contributed by atoms with van der Waals surface area (Å²) in [6.07, 6.45) is -5.35. The molecule has 0 radical (unpaired) electrons. The molecule has 0 fully saturated rings. The molecule has 1 aliphatic heterocycles. The van der Waals surface area contributed by atoms with Crippen LogP contribution < -0.4 is 5.32 Å². The summed E-state index contributed by atoms with van der Waals surface area (Å²) >= 11 is 1.24. The molecule has 1 N–H and O–H groups in total. The number of nitriles is 1. The first-order valence-corrected chi connectivity index (χ1v) is 8.80. The van der Waals surface area contributed by atoms with Gasteiger partial charge in [0.25, 0.3) is 6.17 Å². The SMILES string of the molecule is C/C(c1ccccc1)=[N+](/[O-])C1NC(c2cccs2)=CC(C(F)(F)F)=C1C#N. The fourth-order valence-corrected chi connectivity index (χ4v) is 3.44. The fraction of sp³-hybridized carbons (Fsp3) is 0.158. The molecule has 8 heteroatoms. The Hall–Kier alpha value is -3.05. The molecule has 0 amide bonds. The smallest absolute Gasteiger partial charge is 0.417 e. The van der Waals surface area contributed by atoms with Crippen LogP contribution in [0.15, 0.2) is 65.1 Å². The second kappa shape index (κ2) is 7.29. The maximum absolute atomic E-state index is 13.5. The number of benzene rings is 1. The topological polar surface area (TPSA) is 61.9 Å². The molecule has 0 saturated heterocycles. The number of alkyl halides is 3. The molecular weight excluding hydrogens is 375 g/mol. The summed E-state index contributed by atoms with van der Waals surface area (Å²) in [7, 11) is 0. The van der Waals surface area contributed by atoms with Gasteiger partial charge in [0, 0.05) is 12.5 Å². The highest BCUT2D eigenvalue weighted by Gasteiger charge is 2.43. The van der Waals surface area contributed by atoms with Crippen LogP contribution in [0.3, 0.4) is 0 Å². The van der Waals surface area contributed by atoms with Gasteiger partial charge in [-0.3, -0.25) is 0 Å². The van der Waals surface area contributed by atoms with Crippen LogP contribution in [0.4, 0.5) is 13.2 Å². The third kappa shape index (κ3) is 3.73. The number of hydrogen-bond acceptors (Lipinski definition) is 4. The van der Waals surface area contributed by atoms with Crippen molar-refractivity contribution in [3.63, 3.8) is 0 Å². The Balaban J connectivity index is 2.16. The highest BCUT2D eigenvalue weighted by Crippen LogP contribution is 2.36. The highest BCUT2D eigenvalue weighted by molar-refractivity contribution is 7.11. The zero-order chi connectivity index (χ0) is 19.6. The number of rotatable bonds is 3. The molecule has 3 rings (SSSR count). The van der Waals surface area contributed by atoms with Crippen molar-refractivity contribution < 1.29 is 17.9 Å². The molecule has 138 valence electrons. The molecule has 2 aromatic rings. The summed E-state index contributed by atoms with van der Waals surface area (Å²) in [5, 5.41) is 26.8. The molecule has 27 heavy (non-hydrogen) atoms. The Morgan fingerprint density at radius 3 is 2.48 bits per heavy atom. The summed E-state index contributed by atoms with van der Waals surface area (Å²) in [5.41, 5.74) is -0.850. The van der Waals surface area contributed by atoms with Crippen LogP contribution in [0, 0.1) is 16.5 Å². The molecule has 1 aromatic heterocycles. The van der Waals surface area contributed by atoms with E-state index in [-0.39, 0.29) is 11.4 Å². The molecule has 2 heterocycles. The molecular formula is C19H14F3N3OS. The van der Waals surface area contributed by atoms with Crippen molar-refractivity contribution in [3.05, 3.63) is 80.7 Å². The van der Waals surface area contributed by atoms with Gasteiger partial charge in [-0.25, -0.2) is 0 Å². The van der Waals surface area contributed by atoms with E-state index in [1.54, 1.807) is 53.9 Å². The lowest BCUT2D eigenvalue weighted by Crippen LogP contribution is -2.43. The Morgan fingerprint density at radius 1 is 1.22 bits per heavy atom. The molecule has 0 bridgehead atoms.